The second-order valence-electron chi connectivity index (χ2n) is 6.92. The van der Waals surface area contributed by atoms with Gasteiger partial charge in [0.15, 0.2) is 5.65 Å². The van der Waals surface area contributed by atoms with E-state index in [1.54, 1.807) is 16.9 Å². The number of ether oxygens (including phenoxy) is 1. The number of hydrogen-bond donors (Lipinski definition) is 1. The molecule has 2 N–H and O–H groups in total. The minimum Gasteiger partial charge on any atom is -0.476 e. The van der Waals surface area contributed by atoms with Gasteiger partial charge in [-0.3, -0.25) is 0 Å². The Balaban J connectivity index is 0.00000208. The van der Waals surface area contributed by atoms with Crippen LogP contribution in [0.15, 0.2) is 12.4 Å². The van der Waals surface area contributed by atoms with E-state index in [9.17, 15) is 8.42 Å². The number of aromatic nitrogens is 3. The van der Waals surface area contributed by atoms with Gasteiger partial charge in [-0.2, -0.15) is 0 Å². The number of nitrogens with two attached hydrogens (primary N) is 1. The van der Waals surface area contributed by atoms with Crippen LogP contribution in [0.3, 0.4) is 0 Å². The predicted molar refractivity (Wildman–Crippen MR) is 94.1 cm³/mol. The average molecular weight is 375 g/mol. The molecule has 2 aromatic rings. The van der Waals surface area contributed by atoms with Crippen molar-refractivity contribution in [1.82, 2.24) is 14.6 Å². The highest BCUT2D eigenvalue weighted by molar-refractivity contribution is 7.89. The first-order valence-electron chi connectivity index (χ1n) is 7.74. The van der Waals surface area contributed by atoms with Gasteiger partial charge in [0.05, 0.1) is 12.4 Å². The highest BCUT2D eigenvalue weighted by Crippen LogP contribution is 2.31. The third-order valence-electron chi connectivity index (χ3n) is 4.01. The highest BCUT2D eigenvalue weighted by Gasteiger charge is 2.27. The molecule has 1 aliphatic carbocycles. The molecule has 9 heteroatoms. The number of hydrogen-bond acceptors (Lipinski definition) is 5. The van der Waals surface area contributed by atoms with Crippen molar-refractivity contribution in [2.75, 3.05) is 12.4 Å². The summed E-state index contributed by atoms with van der Waals surface area (Å²) in [5, 5.41) is 9.65. The average Bonchev–Trinajstić information content (AvgIpc) is 2.90. The summed E-state index contributed by atoms with van der Waals surface area (Å²) in [5.74, 6) is 0.447. The van der Waals surface area contributed by atoms with Crippen LogP contribution in [0.2, 0.25) is 0 Å². The summed E-state index contributed by atoms with van der Waals surface area (Å²) in [6.45, 7) is 3.88. The van der Waals surface area contributed by atoms with Gasteiger partial charge in [0.2, 0.25) is 15.9 Å². The van der Waals surface area contributed by atoms with Crippen molar-refractivity contribution in [3.63, 3.8) is 0 Å². The third kappa shape index (κ3) is 4.17. The van der Waals surface area contributed by atoms with E-state index < -0.39 is 15.4 Å². The summed E-state index contributed by atoms with van der Waals surface area (Å²) < 4.78 is 30.3. The molecule has 2 aromatic heterocycles. The number of nitrogens with zero attached hydrogens (tertiary/aromatic N) is 3. The lowest BCUT2D eigenvalue weighted by molar-refractivity contribution is 0.189. The number of primary sulfonamides is 1. The number of fused-ring (bicyclic) bond motifs is 3. The first-order chi connectivity index (χ1) is 10.8. The summed E-state index contributed by atoms with van der Waals surface area (Å²) in [6.07, 6.45) is 7.64. The van der Waals surface area contributed by atoms with Crippen LogP contribution in [0.4, 0.5) is 0 Å². The third-order valence-corrected chi connectivity index (χ3v) is 5.19. The summed E-state index contributed by atoms with van der Waals surface area (Å²) in [7, 11) is -3.54. The first kappa shape index (κ1) is 19.0. The van der Waals surface area contributed by atoms with Crippen molar-refractivity contribution >= 4 is 28.1 Å². The standard InChI is InChI=1S/C15H22N4O3S.ClH/c1-15(2,10-23(16,20)21)9-22-14-12-6-4-3-5-11(12)13-17-7-8-19(13)18-14;/h7-8H,3-6,9-10H2,1-2H3,(H2,16,20,21);1H. The molecule has 2 heterocycles. The molecule has 0 saturated carbocycles. The van der Waals surface area contributed by atoms with E-state index in [4.69, 9.17) is 9.88 Å². The van der Waals surface area contributed by atoms with E-state index >= 15 is 0 Å². The van der Waals surface area contributed by atoms with Gasteiger partial charge >= 0.3 is 0 Å². The lowest BCUT2D eigenvalue weighted by Crippen LogP contribution is -2.34. The minimum absolute atomic E-state index is 0. The van der Waals surface area contributed by atoms with Gasteiger partial charge < -0.3 is 4.74 Å². The largest absolute Gasteiger partial charge is 0.476 e. The molecule has 0 atom stereocenters. The van der Waals surface area contributed by atoms with Gasteiger partial charge in [0, 0.05) is 28.9 Å². The van der Waals surface area contributed by atoms with Gasteiger partial charge in [0.25, 0.3) is 0 Å². The summed E-state index contributed by atoms with van der Waals surface area (Å²) in [4.78, 5) is 4.38. The molecule has 0 fully saturated rings. The van der Waals surface area contributed by atoms with Crippen LogP contribution in [-0.2, 0) is 22.9 Å². The van der Waals surface area contributed by atoms with Gasteiger partial charge in [-0.15, -0.1) is 17.5 Å². The molecule has 24 heavy (non-hydrogen) atoms. The van der Waals surface area contributed by atoms with E-state index in [0.29, 0.717) is 5.88 Å². The highest BCUT2D eigenvalue weighted by atomic mass is 35.5. The molecule has 134 valence electrons. The Morgan fingerprint density at radius 1 is 1.29 bits per heavy atom. The zero-order valence-corrected chi connectivity index (χ0v) is 15.5. The Hall–Kier alpha value is -1.38. The minimum atomic E-state index is -3.54. The number of sulfonamides is 1. The second kappa shape index (κ2) is 6.85. The Bertz CT molecular complexity index is 833. The predicted octanol–water partition coefficient (Wildman–Crippen LogP) is 1.72. The maximum absolute atomic E-state index is 11.3. The fraction of sp³-hybridized carbons (Fsp3) is 0.600. The van der Waals surface area contributed by atoms with Gasteiger partial charge in [-0.1, -0.05) is 13.8 Å². The van der Waals surface area contributed by atoms with Crippen molar-refractivity contribution < 1.29 is 13.2 Å². The van der Waals surface area contributed by atoms with Crippen LogP contribution in [0, 0.1) is 5.41 Å². The molecule has 0 saturated heterocycles. The summed E-state index contributed by atoms with van der Waals surface area (Å²) in [5.41, 5.74) is 2.59. The van der Waals surface area contributed by atoms with E-state index in [-0.39, 0.29) is 24.8 Å². The molecular formula is C15H23ClN4O3S. The molecule has 0 aliphatic heterocycles. The van der Waals surface area contributed by atoms with Crippen LogP contribution >= 0.6 is 12.4 Å². The Morgan fingerprint density at radius 2 is 1.96 bits per heavy atom. The summed E-state index contributed by atoms with van der Waals surface area (Å²) in [6, 6.07) is 0. The van der Waals surface area contributed by atoms with Crippen molar-refractivity contribution in [2.45, 2.75) is 39.5 Å². The van der Waals surface area contributed by atoms with Crippen molar-refractivity contribution in [3.8, 4) is 5.88 Å². The van der Waals surface area contributed by atoms with Crippen LogP contribution < -0.4 is 9.88 Å². The van der Waals surface area contributed by atoms with Crippen LogP contribution in [0.1, 0.15) is 37.8 Å². The molecule has 3 rings (SSSR count). The molecule has 1 aliphatic rings. The van der Waals surface area contributed by atoms with Crippen molar-refractivity contribution in [1.29, 1.82) is 0 Å². The Labute approximate surface area is 148 Å². The number of aryl methyl sites for hydroxylation is 1. The van der Waals surface area contributed by atoms with Gasteiger partial charge in [0.1, 0.15) is 0 Å². The van der Waals surface area contributed by atoms with Gasteiger partial charge in [-0.25, -0.2) is 23.1 Å². The number of imidazole rings is 1. The topological polar surface area (TPSA) is 99.6 Å². The number of rotatable bonds is 5. The quantitative estimate of drug-likeness (QED) is 0.858. The van der Waals surface area contributed by atoms with E-state index in [0.717, 1.165) is 36.9 Å². The lowest BCUT2D eigenvalue weighted by atomic mass is 9.93. The summed E-state index contributed by atoms with van der Waals surface area (Å²) >= 11 is 0. The zero-order valence-electron chi connectivity index (χ0n) is 13.9. The lowest BCUT2D eigenvalue weighted by Gasteiger charge is -2.25. The zero-order chi connectivity index (χ0) is 16.7. The molecule has 0 spiro atoms. The van der Waals surface area contributed by atoms with Crippen molar-refractivity contribution in [3.05, 3.63) is 23.5 Å². The van der Waals surface area contributed by atoms with Crippen LogP contribution in [0.25, 0.3) is 5.65 Å². The second-order valence-corrected chi connectivity index (χ2v) is 8.54. The normalized spacial score (nSPS) is 15.0. The fourth-order valence-electron chi connectivity index (χ4n) is 3.11. The molecule has 0 unspecified atom stereocenters. The number of halogens is 1. The Kier molecular flexibility index (Phi) is 5.41. The monoisotopic (exact) mass is 374 g/mol. The molecule has 0 radical (unpaired) electrons. The van der Waals surface area contributed by atoms with E-state index in [2.05, 4.69) is 10.1 Å². The SMILES string of the molecule is CC(C)(COc1nn2ccnc2c2c1CCCC2)CS(N)(=O)=O.Cl. The first-order valence-corrected chi connectivity index (χ1v) is 9.45. The molecule has 0 bridgehead atoms. The van der Waals surface area contributed by atoms with Crippen LogP contribution in [0.5, 0.6) is 5.88 Å². The molecule has 0 amide bonds. The maximum Gasteiger partial charge on any atom is 0.235 e. The maximum atomic E-state index is 11.3. The molecule has 0 aromatic carbocycles. The van der Waals surface area contributed by atoms with Gasteiger partial charge in [-0.05, 0) is 25.7 Å². The smallest absolute Gasteiger partial charge is 0.235 e. The fourth-order valence-corrected chi connectivity index (χ4v) is 4.28. The van der Waals surface area contributed by atoms with E-state index in [1.165, 1.54) is 5.56 Å². The van der Waals surface area contributed by atoms with E-state index in [1.807, 2.05) is 13.8 Å². The molecular weight excluding hydrogens is 352 g/mol. The Morgan fingerprint density at radius 3 is 2.62 bits per heavy atom. The van der Waals surface area contributed by atoms with Crippen molar-refractivity contribution in [2.24, 2.45) is 10.6 Å². The molecule has 7 nitrogen and oxygen atoms in total. The van der Waals surface area contributed by atoms with Crippen LogP contribution in [-0.4, -0.2) is 35.4 Å².